The Morgan fingerprint density at radius 1 is 1.14 bits per heavy atom. The van der Waals surface area contributed by atoms with Gasteiger partial charge in [0.1, 0.15) is 12.4 Å². The Bertz CT molecular complexity index is 1150. The highest BCUT2D eigenvalue weighted by Crippen LogP contribution is 2.31. The number of hydrogen-bond acceptors (Lipinski definition) is 6. The quantitative estimate of drug-likeness (QED) is 0.330. The fraction of sp³-hybridized carbons (Fsp3) is 0.321. The number of carboxylic acids is 1. The van der Waals surface area contributed by atoms with Crippen molar-refractivity contribution in [2.75, 3.05) is 25.6 Å². The van der Waals surface area contributed by atoms with E-state index in [1.165, 1.54) is 0 Å². The molecule has 0 spiro atoms. The van der Waals surface area contributed by atoms with Crippen LogP contribution in [0.1, 0.15) is 29.5 Å². The van der Waals surface area contributed by atoms with Crippen molar-refractivity contribution in [1.82, 2.24) is 0 Å². The summed E-state index contributed by atoms with van der Waals surface area (Å²) in [6.07, 6.45) is 1.88. The summed E-state index contributed by atoms with van der Waals surface area (Å²) in [5.41, 5.74) is 9.61. The van der Waals surface area contributed by atoms with Crippen LogP contribution in [-0.2, 0) is 29.1 Å². The maximum absolute atomic E-state index is 15.6. The summed E-state index contributed by atoms with van der Waals surface area (Å²) in [5.74, 6) is -0.780. The van der Waals surface area contributed by atoms with Crippen molar-refractivity contribution in [3.63, 3.8) is 0 Å². The second kappa shape index (κ2) is 13.6. The molecular formula is C28H33FN2O5. The average Bonchev–Trinajstić information content (AvgIpc) is 3.42. The van der Waals surface area contributed by atoms with Crippen LogP contribution in [0, 0.1) is 5.82 Å². The topological polar surface area (TPSA) is 114 Å². The number of carboxylic acid groups (broad SMARTS) is 1. The van der Waals surface area contributed by atoms with Crippen molar-refractivity contribution < 1.29 is 28.9 Å². The normalized spacial score (nSPS) is 14.6. The largest absolute Gasteiger partial charge is 0.489 e. The third-order valence-electron chi connectivity index (χ3n) is 5.86. The highest BCUT2D eigenvalue weighted by Gasteiger charge is 2.18. The molecule has 1 saturated heterocycles. The first-order valence-corrected chi connectivity index (χ1v) is 11.9. The molecule has 0 aromatic heterocycles. The number of nitrogens with two attached hydrogens (primary N) is 1. The van der Waals surface area contributed by atoms with Crippen LogP contribution in [-0.4, -0.2) is 42.5 Å². The van der Waals surface area contributed by atoms with Gasteiger partial charge < -0.3 is 30.7 Å². The summed E-state index contributed by atoms with van der Waals surface area (Å²) in [4.78, 5) is 11.2. The number of ether oxygens (including phenoxy) is 2. The zero-order chi connectivity index (χ0) is 25.9. The van der Waals surface area contributed by atoms with E-state index in [4.69, 9.17) is 20.3 Å². The van der Waals surface area contributed by atoms with Crippen LogP contribution >= 0.6 is 0 Å². The molecule has 3 aromatic carbocycles. The maximum Gasteiger partial charge on any atom is 0.307 e. The molecule has 36 heavy (non-hydrogen) atoms. The number of benzene rings is 3. The molecule has 1 aliphatic rings. The van der Waals surface area contributed by atoms with Crippen LogP contribution in [0.2, 0.25) is 0 Å². The Kier molecular flexibility index (Phi) is 10.2. The Morgan fingerprint density at radius 3 is 2.67 bits per heavy atom. The Morgan fingerprint density at radius 2 is 1.94 bits per heavy atom. The predicted molar refractivity (Wildman–Crippen MR) is 137 cm³/mol. The molecule has 0 radical (unpaired) electrons. The second-order valence-corrected chi connectivity index (χ2v) is 8.39. The van der Waals surface area contributed by atoms with Gasteiger partial charge >= 0.3 is 5.97 Å². The van der Waals surface area contributed by atoms with E-state index in [2.05, 4.69) is 5.32 Å². The Labute approximate surface area is 210 Å². The van der Waals surface area contributed by atoms with Gasteiger partial charge in [-0.2, -0.15) is 0 Å². The molecule has 1 heterocycles. The molecule has 4 rings (SSSR count). The minimum absolute atomic E-state index is 0.0613. The average molecular weight is 497 g/mol. The van der Waals surface area contributed by atoms with E-state index in [-0.39, 0.29) is 24.9 Å². The van der Waals surface area contributed by atoms with Crippen LogP contribution in [0.4, 0.5) is 10.1 Å². The van der Waals surface area contributed by atoms with Gasteiger partial charge in [-0.15, -0.1) is 0 Å². The van der Waals surface area contributed by atoms with Gasteiger partial charge in [0.05, 0.1) is 18.2 Å². The minimum atomic E-state index is -0.930. The number of aliphatic hydroxyl groups is 1. The van der Waals surface area contributed by atoms with E-state index >= 15 is 4.39 Å². The number of rotatable bonds is 10. The van der Waals surface area contributed by atoms with Gasteiger partial charge in [-0.25, -0.2) is 4.39 Å². The first-order chi connectivity index (χ1) is 17.5. The van der Waals surface area contributed by atoms with Gasteiger partial charge in [0.25, 0.3) is 0 Å². The summed E-state index contributed by atoms with van der Waals surface area (Å²) in [6, 6.07) is 18.1. The fourth-order valence-corrected chi connectivity index (χ4v) is 4.12. The van der Waals surface area contributed by atoms with E-state index in [0.717, 1.165) is 43.2 Å². The number of para-hydroxylation sites is 1. The van der Waals surface area contributed by atoms with Crippen molar-refractivity contribution in [1.29, 1.82) is 0 Å². The third kappa shape index (κ3) is 7.27. The van der Waals surface area contributed by atoms with Crippen molar-refractivity contribution in [2.24, 2.45) is 5.73 Å². The minimum Gasteiger partial charge on any atom is -0.489 e. The van der Waals surface area contributed by atoms with Gasteiger partial charge in [0, 0.05) is 37.9 Å². The number of halogens is 1. The second-order valence-electron chi connectivity index (χ2n) is 8.39. The number of carbonyl (C=O) groups is 1. The maximum atomic E-state index is 15.6. The predicted octanol–water partition coefficient (Wildman–Crippen LogP) is 4.36. The number of aliphatic carboxylic acids is 1. The smallest absolute Gasteiger partial charge is 0.307 e. The van der Waals surface area contributed by atoms with Gasteiger partial charge in [0.15, 0.2) is 5.82 Å². The van der Waals surface area contributed by atoms with E-state index in [0.29, 0.717) is 35.7 Å². The molecule has 5 N–H and O–H groups in total. The van der Waals surface area contributed by atoms with E-state index in [9.17, 15) is 9.90 Å². The third-order valence-corrected chi connectivity index (χ3v) is 5.86. The Hall–Kier alpha value is -3.46. The van der Waals surface area contributed by atoms with Crippen molar-refractivity contribution in [3.8, 4) is 16.9 Å². The van der Waals surface area contributed by atoms with Crippen molar-refractivity contribution in [2.45, 2.75) is 38.5 Å². The van der Waals surface area contributed by atoms with Crippen LogP contribution in [0.15, 0.2) is 60.7 Å². The van der Waals surface area contributed by atoms with Crippen LogP contribution < -0.4 is 15.8 Å². The molecule has 0 aliphatic carbocycles. The lowest BCUT2D eigenvalue weighted by molar-refractivity contribution is -0.136. The molecule has 8 heteroatoms. The van der Waals surface area contributed by atoms with Gasteiger partial charge in [0.2, 0.25) is 0 Å². The zero-order valence-corrected chi connectivity index (χ0v) is 20.4. The number of nitrogens with one attached hydrogen (secondary N) is 1. The summed E-state index contributed by atoms with van der Waals surface area (Å²) in [7, 11) is 1.00. The van der Waals surface area contributed by atoms with Gasteiger partial charge in [-0.3, -0.25) is 4.79 Å². The van der Waals surface area contributed by atoms with Crippen LogP contribution in [0.5, 0.6) is 5.75 Å². The first-order valence-electron chi connectivity index (χ1n) is 11.9. The molecular weight excluding hydrogens is 463 g/mol. The zero-order valence-electron chi connectivity index (χ0n) is 20.4. The van der Waals surface area contributed by atoms with E-state index < -0.39 is 5.97 Å². The SMILES string of the molecule is CO.NCc1cccc(-c2cc(COc3ccccc3CC(=O)O)cc(NCC3CCCO3)c2F)c1. The molecule has 1 atom stereocenters. The summed E-state index contributed by atoms with van der Waals surface area (Å²) in [6.45, 7) is 1.78. The molecule has 1 unspecified atom stereocenters. The lowest BCUT2D eigenvalue weighted by Crippen LogP contribution is -2.19. The van der Waals surface area contributed by atoms with Crippen molar-refractivity contribution >= 4 is 11.7 Å². The van der Waals surface area contributed by atoms with E-state index in [1.807, 2.05) is 24.3 Å². The standard InChI is InChI=1S/C27H29FN2O4.CH4O/c28-27-23(20-7-3-5-18(11-20)15-29)12-19(13-24(27)30-16-22-8-4-10-33-22)17-34-25-9-2-1-6-21(25)14-26(31)32;1-2/h1-3,5-7,9,11-13,22,30H,4,8,10,14-17,29H2,(H,31,32);2H,1H3. The fourth-order valence-electron chi connectivity index (χ4n) is 4.12. The van der Waals surface area contributed by atoms with Gasteiger partial charge in [-0.1, -0.05) is 36.4 Å². The number of hydrogen-bond donors (Lipinski definition) is 4. The molecule has 0 amide bonds. The molecule has 1 aliphatic heterocycles. The molecule has 1 fully saturated rings. The molecule has 0 bridgehead atoms. The van der Waals surface area contributed by atoms with Crippen LogP contribution in [0.3, 0.4) is 0 Å². The van der Waals surface area contributed by atoms with Crippen molar-refractivity contribution in [3.05, 3.63) is 83.2 Å². The molecule has 0 saturated carbocycles. The lowest BCUT2D eigenvalue weighted by Gasteiger charge is -2.17. The summed E-state index contributed by atoms with van der Waals surface area (Å²) in [5, 5.41) is 19.4. The Balaban J connectivity index is 0.00000176. The number of aliphatic hydroxyl groups excluding tert-OH is 1. The first kappa shape index (κ1) is 27.1. The van der Waals surface area contributed by atoms with Gasteiger partial charge in [-0.05, 0) is 53.8 Å². The molecule has 7 nitrogen and oxygen atoms in total. The molecule has 192 valence electrons. The van der Waals surface area contributed by atoms with E-state index in [1.54, 1.807) is 36.4 Å². The lowest BCUT2D eigenvalue weighted by atomic mass is 9.99. The molecule has 3 aromatic rings. The monoisotopic (exact) mass is 496 g/mol. The highest BCUT2D eigenvalue weighted by molar-refractivity contribution is 5.72. The highest BCUT2D eigenvalue weighted by atomic mass is 19.1. The summed E-state index contributed by atoms with van der Waals surface area (Å²) < 4.78 is 27.2. The number of anilines is 1. The van der Waals surface area contributed by atoms with Crippen LogP contribution in [0.25, 0.3) is 11.1 Å². The summed E-state index contributed by atoms with van der Waals surface area (Å²) >= 11 is 0.